The van der Waals surface area contributed by atoms with Gasteiger partial charge in [0.05, 0.1) is 30.5 Å². The lowest BCUT2D eigenvalue weighted by Gasteiger charge is -2.32. The van der Waals surface area contributed by atoms with Gasteiger partial charge in [-0.1, -0.05) is 42.5 Å². The van der Waals surface area contributed by atoms with Crippen molar-refractivity contribution in [2.45, 2.75) is 95.4 Å². The monoisotopic (exact) mass is 464 g/mol. The van der Waals surface area contributed by atoms with Gasteiger partial charge in [0.25, 0.3) is 0 Å². The minimum atomic E-state index is -1.42. The van der Waals surface area contributed by atoms with Gasteiger partial charge in [0.2, 0.25) is 0 Å². The van der Waals surface area contributed by atoms with Crippen LogP contribution in [-0.2, 0) is 16.0 Å². The van der Waals surface area contributed by atoms with Crippen molar-refractivity contribution in [2.75, 3.05) is 0 Å². The van der Waals surface area contributed by atoms with Crippen molar-refractivity contribution in [1.29, 1.82) is 0 Å². The first-order valence-corrected chi connectivity index (χ1v) is 12.0. The Labute approximate surface area is 196 Å². The SMILES string of the molecule is CC(C)OC(=O)CCC/C=C\C[C@@H]1[C@@H]([C@H](O)[C@H](O)[C@@H](O)CCc2ccccc2)[C@H](O)C[C@@H]1O. The Morgan fingerprint density at radius 3 is 2.45 bits per heavy atom. The largest absolute Gasteiger partial charge is 0.463 e. The Bertz CT molecular complexity index is 721. The highest BCUT2D eigenvalue weighted by atomic mass is 16.5. The molecular formula is C26H40O7. The van der Waals surface area contributed by atoms with Gasteiger partial charge in [0, 0.05) is 12.3 Å². The van der Waals surface area contributed by atoms with Crippen molar-refractivity contribution < 1.29 is 35.1 Å². The van der Waals surface area contributed by atoms with Crippen LogP contribution >= 0.6 is 0 Å². The van der Waals surface area contributed by atoms with Crippen LogP contribution in [0.5, 0.6) is 0 Å². The summed E-state index contributed by atoms with van der Waals surface area (Å²) in [5, 5.41) is 52.5. The van der Waals surface area contributed by atoms with Crippen LogP contribution < -0.4 is 0 Å². The number of unbranched alkanes of at least 4 members (excludes halogenated alkanes) is 1. The average Bonchev–Trinajstić information content (AvgIpc) is 3.06. The molecule has 1 aromatic rings. The number of aryl methyl sites for hydroxylation is 1. The third-order valence-corrected chi connectivity index (χ3v) is 6.32. The predicted molar refractivity (Wildman–Crippen MR) is 125 cm³/mol. The molecule has 0 heterocycles. The van der Waals surface area contributed by atoms with E-state index in [-0.39, 0.29) is 24.9 Å². The number of benzene rings is 1. The molecule has 0 aromatic heterocycles. The number of hydrogen-bond acceptors (Lipinski definition) is 7. The van der Waals surface area contributed by atoms with Gasteiger partial charge in [0.15, 0.2) is 0 Å². The normalized spacial score (nSPS) is 25.9. The maximum atomic E-state index is 11.6. The number of aliphatic hydroxyl groups excluding tert-OH is 5. The molecule has 0 spiro atoms. The Hall–Kier alpha value is -1.77. The van der Waals surface area contributed by atoms with Crippen molar-refractivity contribution in [3.8, 4) is 0 Å². The fraction of sp³-hybridized carbons (Fsp3) is 0.654. The molecule has 7 heteroatoms. The van der Waals surface area contributed by atoms with Crippen molar-refractivity contribution >= 4 is 5.97 Å². The summed E-state index contributed by atoms with van der Waals surface area (Å²) >= 11 is 0. The minimum Gasteiger partial charge on any atom is -0.463 e. The lowest BCUT2D eigenvalue weighted by atomic mass is 9.82. The molecule has 7 atom stereocenters. The van der Waals surface area contributed by atoms with E-state index in [0.29, 0.717) is 32.1 Å². The van der Waals surface area contributed by atoms with Crippen LogP contribution in [0.4, 0.5) is 0 Å². The second-order valence-corrected chi connectivity index (χ2v) is 9.32. The molecule has 1 saturated carbocycles. The van der Waals surface area contributed by atoms with Crippen LogP contribution in [0.1, 0.15) is 57.9 Å². The molecule has 0 radical (unpaired) electrons. The number of esters is 1. The molecule has 0 saturated heterocycles. The van der Waals surface area contributed by atoms with E-state index in [0.717, 1.165) is 5.56 Å². The molecule has 0 amide bonds. The number of rotatable bonds is 13. The highest BCUT2D eigenvalue weighted by Gasteiger charge is 2.47. The quantitative estimate of drug-likeness (QED) is 0.172. The van der Waals surface area contributed by atoms with E-state index in [1.54, 1.807) is 0 Å². The zero-order chi connectivity index (χ0) is 24.4. The summed E-state index contributed by atoms with van der Waals surface area (Å²) in [5.41, 5.74) is 1.02. The van der Waals surface area contributed by atoms with E-state index in [1.807, 2.05) is 56.3 Å². The molecule has 5 N–H and O–H groups in total. The summed E-state index contributed by atoms with van der Waals surface area (Å²) < 4.78 is 5.09. The molecular weight excluding hydrogens is 424 g/mol. The fourth-order valence-electron chi connectivity index (χ4n) is 4.56. The van der Waals surface area contributed by atoms with Crippen LogP contribution in [-0.4, -0.2) is 68.1 Å². The first-order chi connectivity index (χ1) is 15.7. The van der Waals surface area contributed by atoms with Gasteiger partial charge in [-0.2, -0.15) is 0 Å². The lowest BCUT2D eigenvalue weighted by Crippen LogP contribution is -2.46. The van der Waals surface area contributed by atoms with Crippen LogP contribution in [0.15, 0.2) is 42.5 Å². The second kappa shape index (κ2) is 13.8. The minimum absolute atomic E-state index is 0.119. The van der Waals surface area contributed by atoms with Crippen molar-refractivity contribution in [2.24, 2.45) is 11.8 Å². The summed E-state index contributed by atoms with van der Waals surface area (Å²) in [5.74, 6) is -1.41. The van der Waals surface area contributed by atoms with Gasteiger partial charge in [-0.3, -0.25) is 4.79 Å². The fourth-order valence-corrected chi connectivity index (χ4v) is 4.56. The number of hydrogen-bond donors (Lipinski definition) is 5. The Morgan fingerprint density at radius 2 is 1.79 bits per heavy atom. The maximum Gasteiger partial charge on any atom is 0.306 e. The molecule has 0 unspecified atom stereocenters. The van der Waals surface area contributed by atoms with Crippen molar-refractivity contribution in [3.05, 3.63) is 48.0 Å². The highest BCUT2D eigenvalue weighted by Crippen LogP contribution is 2.39. The van der Waals surface area contributed by atoms with Crippen LogP contribution in [0, 0.1) is 11.8 Å². The summed E-state index contributed by atoms with van der Waals surface area (Å²) in [6.07, 6.45) is 0.994. The number of aliphatic hydroxyl groups is 5. The van der Waals surface area contributed by atoms with Gasteiger partial charge in [-0.05, 0) is 63.9 Å². The van der Waals surface area contributed by atoms with E-state index < -0.39 is 42.4 Å². The summed E-state index contributed by atoms with van der Waals surface area (Å²) in [4.78, 5) is 11.6. The van der Waals surface area contributed by atoms with Crippen molar-refractivity contribution in [1.82, 2.24) is 0 Å². The third kappa shape index (κ3) is 8.83. The van der Waals surface area contributed by atoms with Gasteiger partial charge >= 0.3 is 5.97 Å². The summed E-state index contributed by atoms with van der Waals surface area (Å²) in [6.45, 7) is 3.62. The summed E-state index contributed by atoms with van der Waals surface area (Å²) in [6, 6.07) is 9.57. The van der Waals surface area contributed by atoms with E-state index in [9.17, 15) is 30.3 Å². The van der Waals surface area contributed by atoms with Gasteiger partial charge in [0.1, 0.15) is 6.10 Å². The molecule has 1 aromatic carbocycles. The number of ether oxygens (including phenoxy) is 1. The van der Waals surface area contributed by atoms with Gasteiger partial charge in [-0.25, -0.2) is 0 Å². The number of allylic oxidation sites excluding steroid dienone is 2. The molecule has 2 rings (SSSR count). The Balaban J connectivity index is 1.84. The predicted octanol–water partition coefficient (Wildman–Crippen LogP) is 2.13. The van der Waals surface area contributed by atoms with Crippen LogP contribution in [0.3, 0.4) is 0 Å². The van der Waals surface area contributed by atoms with Crippen molar-refractivity contribution in [3.63, 3.8) is 0 Å². The van der Waals surface area contributed by atoms with Gasteiger partial charge < -0.3 is 30.3 Å². The molecule has 7 nitrogen and oxygen atoms in total. The molecule has 1 aliphatic rings. The topological polar surface area (TPSA) is 127 Å². The third-order valence-electron chi connectivity index (χ3n) is 6.32. The van der Waals surface area contributed by atoms with E-state index in [1.165, 1.54) is 0 Å². The lowest BCUT2D eigenvalue weighted by molar-refractivity contribution is -0.147. The highest BCUT2D eigenvalue weighted by molar-refractivity contribution is 5.69. The smallest absolute Gasteiger partial charge is 0.306 e. The van der Waals surface area contributed by atoms with E-state index in [4.69, 9.17) is 4.74 Å². The average molecular weight is 465 g/mol. The Kier molecular flexibility index (Phi) is 11.5. The van der Waals surface area contributed by atoms with E-state index >= 15 is 0 Å². The molecule has 186 valence electrons. The first-order valence-electron chi connectivity index (χ1n) is 12.0. The van der Waals surface area contributed by atoms with Crippen LogP contribution in [0.2, 0.25) is 0 Å². The zero-order valence-electron chi connectivity index (χ0n) is 19.7. The Morgan fingerprint density at radius 1 is 1.09 bits per heavy atom. The molecule has 1 aliphatic carbocycles. The molecule has 0 aliphatic heterocycles. The molecule has 33 heavy (non-hydrogen) atoms. The molecule has 1 fully saturated rings. The summed E-state index contributed by atoms with van der Waals surface area (Å²) in [7, 11) is 0. The number of carbonyl (C=O) groups is 1. The second-order valence-electron chi connectivity index (χ2n) is 9.32. The first kappa shape index (κ1) is 27.5. The maximum absolute atomic E-state index is 11.6. The number of carbonyl (C=O) groups excluding carboxylic acids is 1. The van der Waals surface area contributed by atoms with E-state index in [2.05, 4.69) is 0 Å². The zero-order valence-corrected chi connectivity index (χ0v) is 19.7. The molecule has 0 bridgehead atoms. The van der Waals surface area contributed by atoms with Crippen LogP contribution in [0.25, 0.3) is 0 Å². The van der Waals surface area contributed by atoms with Gasteiger partial charge in [-0.15, -0.1) is 0 Å². The standard InChI is InChI=1S/C26H40O7/c1-17(2)33-23(30)13-9-4-3-8-12-19-21(28)16-22(29)24(19)26(32)25(31)20(27)15-14-18-10-6-5-7-11-18/h3,5-8,10-11,17,19-22,24-29,31-32H,4,9,12-16H2,1-2H3/b8-3-/t19-,20-,21-,22+,24+,25+,26-/m0/s1.